The fraction of sp³-hybridized carbons (Fsp3) is 0.400. The van der Waals surface area contributed by atoms with Crippen molar-refractivity contribution in [2.45, 2.75) is 44.9 Å². The summed E-state index contributed by atoms with van der Waals surface area (Å²) in [5.41, 5.74) is 4.50. The van der Waals surface area contributed by atoms with Crippen LogP contribution in [0.4, 0.5) is 0 Å². The van der Waals surface area contributed by atoms with Crippen molar-refractivity contribution in [3.8, 4) is 28.4 Å². The molecule has 2 aromatic carbocycles. The van der Waals surface area contributed by atoms with Crippen LogP contribution in [0.25, 0.3) is 11.1 Å². The molecule has 0 spiro atoms. The second-order valence-corrected chi connectivity index (χ2v) is 9.17. The standard InChI is InChI=1S/C30H36N2O4/c1-5-6-11-25-24(29-27(35-3)13-9-14-28(29)36-4)19-22(20-31-25)30(33)32-17-15-21(16-18-32)23-10-7-8-12-26(23)34-2/h7-10,12-14,19-21H,5-6,11,15-18H2,1-4H3. The highest BCUT2D eigenvalue weighted by Crippen LogP contribution is 2.40. The van der Waals surface area contributed by atoms with Crippen molar-refractivity contribution < 1.29 is 19.0 Å². The Hall–Kier alpha value is -3.54. The van der Waals surface area contributed by atoms with Crippen LogP contribution in [0.3, 0.4) is 0 Å². The SMILES string of the molecule is CCCCc1ncc(C(=O)N2CCC(c3ccccc3OC)CC2)cc1-c1c(OC)cccc1OC. The van der Waals surface area contributed by atoms with E-state index in [1.165, 1.54) is 5.56 Å². The van der Waals surface area contributed by atoms with E-state index >= 15 is 0 Å². The van der Waals surface area contributed by atoms with Gasteiger partial charge in [0.25, 0.3) is 5.91 Å². The molecule has 0 saturated carbocycles. The van der Waals surface area contributed by atoms with Crippen LogP contribution in [-0.4, -0.2) is 50.2 Å². The number of rotatable bonds is 9. The number of carbonyl (C=O) groups excluding carboxylic acids is 1. The molecule has 0 radical (unpaired) electrons. The number of amides is 1. The second kappa shape index (κ2) is 11.9. The molecule has 1 aromatic heterocycles. The van der Waals surface area contributed by atoms with E-state index in [4.69, 9.17) is 19.2 Å². The monoisotopic (exact) mass is 488 g/mol. The predicted molar refractivity (Wildman–Crippen MR) is 142 cm³/mol. The first kappa shape index (κ1) is 25.5. The summed E-state index contributed by atoms with van der Waals surface area (Å²) in [6, 6.07) is 15.9. The maximum absolute atomic E-state index is 13.6. The van der Waals surface area contributed by atoms with Gasteiger partial charge in [-0.15, -0.1) is 0 Å². The first-order valence-electron chi connectivity index (χ1n) is 12.7. The van der Waals surface area contributed by atoms with E-state index in [2.05, 4.69) is 19.1 Å². The highest BCUT2D eigenvalue weighted by Gasteiger charge is 2.27. The highest BCUT2D eigenvalue weighted by atomic mass is 16.5. The molecule has 0 aliphatic carbocycles. The van der Waals surface area contributed by atoms with E-state index in [9.17, 15) is 4.79 Å². The van der Waals surface area contributed by atoms with Gasteiger partial charge in [0.05, 0.1) is 32.5 Å². The Labute approximate surface area is 214 Å². The van der Waals surface area contributed by atoms with Gasteiger partial charge in [-0.2, -0.15) is 0 Å². The molecule has 4 rings (SSSR count). The molecule has 0 unspecified atom stereocenters. The van der Waals surface area contributed by atoms with E-state index in [0.29, 0.717) is 36.1 Å². The minimum Gasteiger partial charge on any atom is -0.496 e. The summed E-state index contributed by atoms with van der Waals surface area (Å²) in [6.07, 6.45) is 6.44. The number of hydrogen-bond acceptors (Lipinski definition) is 5. The third-order valence-corrected chi connectivity index (χ3v) is 7.04. The number of para-hydroxylation sites is 1. The van der Waals surface area contributed by atoms with Gasteiger partial charge in [-0.3, -0.25) is 9.78 Å². The first-order chi connectivity index (χ1) is 17.6. The molecule has 36 heavy (non-hydrogen) atoms. The maximum atomic E-state index is 13.6. The molecule has 1 fully saturated rings. The zero-order valence-corrected chi connectivity index (χ0v) is 21.8. The number of aryl methyl sites for hydroxylation is 1. The zero-order chi connectivity index (χ0) is 25.5. The van der Waals surface area contributed by atoms with E-state index in [0.717, 1.165) is 54.7 Å². The van der Waals surface area contributed by atoms with Crippen LogP contribution in [-0.2, 0) is 6.42 Å². The molecule has 1 amide bonds. The summed E-state index contributed by atoms with van der Waals surface area (Å²) in [6.45, 7) is 3.56. The van der Waals surface area contributed by atoms with Gasteiger partial charge in [0.15, 0.2) is 0 Å². The van der Waals surface area contributed by atoms with Crippen molar-refractivity contribution in [1.82, 2.24) is 9.88 Å². The number of hydrogen-bond donors (Lipinski definition) is 0. The smallest absolute Gasteiger partial charge is 0.255 e. The minimum atomic E-state index is 0.0122. The number of likely N-dealkylation sites (tertiary alicyclic amines) is 1. The maximum Gasteiger partial charge on any atom is 0.255 e. The number of methoxy groups -OCH3 is 3. The van der Waals surface area contributed by atoms with E-state index < -0.39 is 0 Å². The number of piperidine rings is 1. The molecule has 1 aliphatic heterocycles. The van der Waals surface area contributed by atoms with Crippen molar-refractivity contribution in [3.05, 3.63) is 71.5 Å². The van der Waals surface area contributed by atoms with Gasteiger partial charge in [-0.25, -0.2) is 0 Å². The highest BCUT2D eigenvalue weighted by molar-refractivity contribution is 5.96. The molecule has 3 aromatic rings. The lowest BCUT2D eigenvalue weighted by Gasteiger charge is -2.33. The van der Waals surface area contributed by atoms with Crippen molar-refractivity contribution >= 4 is 5.91 Å². The number of carbonyl (C=O) groups is 1. The van der Waals surface area contributed by atoms with Crippen molar-refractivity contribution in [3.63, 3.8) is 0 Å². The van der Waals surface area contributed by atoms with Gasteiger partial charge in [0, 0.05) is 30.5 Å². The van der Waals surface area contributed by atoms with Crippen LogP contribution in [0.2, 0.25) is 0 Å². The molecule has 2 heterocycles. The summed E-state index contributed by atoms with van der Waals surface area (Å²) in [5.74, 6) is 2.73. The minimum absolute atomic E-state index is 0.0122. The Morgan fingerprint density at radius 1 is 0.944 bits per heavy atom. The number of unbranched alkanes of at least 4 members (excludes halogenated alkanes) is 1. The Morgan fingerprint density at radius 2 is 1.58 bits per heavy atom. The number of pyridine rings is 1. The van der Waals surface area contributed by atoms with E-state index in [1.54, 1.807) is 27.5 Å². The molecule has 0 atom stereocenters. The molecule has 6 nitrogen and oxygen atoms in total. The lowest BCUT2D eigenvalue weighted by molar-refractivity contribution is 0.0712. The summed E-state index contributed by atoms with van der Waals surface area (Å²) >= 11 is 0. The van der Waals surface area contributed by atoms with Crippen LogP contribution in [0.15, 0.2) is 54.7 Å². The third-order valence-electron chi connectivity index (χ3n) is 7.04. The fourth-order valence-corrected chi connectivity index (χ4v) is 5.07. The Morgan fingerprint density at radius 3 is 2.22 bits per heavy atom. The molecule has 190 valence electrons. The lowest BCUT2D eigenvalue weighted by Crippen LogP contribution is -2.38. The number of ether oxygens (including phenoxy) is 3. The summed E-state index contributed by atoms with van der Waals surface area (Å²) in [5, 5.41) is 0. The topological polar surface area (TPSA) is 60.9 Å². The predicted octanol–water partition coefficient (Wildman–Crippen LogP) is 6.14. The quantitative estimate of drug-likeness (QED) is 0.362. The van der Waals surface area contributed by atoms with Gasteiger partial charge in [0.1, 0.15) is 17.2 Å². The van der Waals surface area contributed by atoms with Gasteiger partial charge in [-0.05, 0) is 61.4 Å². The van der Waals surface area contributed by atoms with Crippen LogP contribution >= 0.6 is 0 Å². The Balaban J connectivity index is 1.61. The molecular formula is C30H36N2O4. The van der Waals surface area contributed by atoms with Gasteiger partial charge < -0.3 is 19.1 Å². The van der Waals surface area contributed by atoms with Gasteiger partial charge in [-0.1, -0.05) is 37.6 Å². The third kappa shape index (κ3) is 5.32. The largest absolute Gasteiger partial charge is 0.496 e. The molecular weight excluding hydrogens is 452 g/mol. The lowest BCUT2D eigenvalue weighted by atomic mass is 9.88. The molecule has 0 N–H and O–H groups in total. The summed E-state index contributed by atoms with van der Waals surface area (Å²) in [4.78, 5) is 20.3. The van der Waals surface area contributed by atoms with Gasteiger partial charge in [0.2, 0.25) is 0 Å². The zero-order valence-electron chi connectivity index (χ0n) is 21.8. The Bertz CT molecular complexity index is 1160. The number of nitrogens with zero attached hydrogens (tertiary/aromatic N) is 2. The average Bonchev–Trinajstić information content (AvgIpc) is 2.95. The average molecular weight is 489 g/mol. The molecule has 1 saturated heterocycles. The van der Waals surface area contributed by atoms with Crippen LogP contribution in [0.5, 0.6) is 17.2 Å². The number of aromatic nitrogens is 1. The van der Waals surface area contributed by atoms with Crippen LogP contribution in [0, 0.1) is 0 Å². The van der Waals surface area contributed by atoms with E-state index in [-0.39, 0.29) is 5.91 Å². The number of benzene rings is 2. The summed E-state index contributed by atoms with van der Waals surface area (Å²) < 4.78 is 16.9. The van der Waals surface area contributed by atoms with Crippen molar-refractivity contribution in [1.29, 1.82) is 0 Å². The van der Waals surface area contributed by atoms with Crippen molar-refractivity contribution in [2.75, 3.05) is 34.4 Å². The molecule has 1 aliphatic rings. The van der Waals surface area contributed by atoms with Crippen LogP contribution in [0.1, 0.15) is 60.1 Å². The normalized spacial score (nSPS) is 13.9. The molecule has 6 heteroatoms. The first-order valence-corrected chi connectivity index (χ1v) is 12.7. The van der Waals surface area contributed by atoms with Gasteiger partial charge >= 0.3 is 0 Å². The molecule has 0 bridgehead atoms. The van der Waals surface area contributed by atoms with E-state index in [1.807, 2.05) is 41.3 Å². The van der Waals surface area contributed by atoms with Crippen LogP contribution < -0.4 is 14.2 Å². The Kier molecular flexibility index (Phi) is 8.47. The second-order valence-electron chi connectivity index (χ2n) is 9.17. The summed E-state index contributed by atoms with van der Waals surface area (Å²) in [7, 11) is 5.01. The van der Waals surface area contributed by atoms with Crippen molar-refractivity contribution in [2.24, 2.45) is 0 Å². The fourth-order valence-electron chi connectivity index (χ4n) is 5.07.